The Morgan fingerprint density at radius 1 is 1.03 bits per heavy atom. The Morgan fingerprint density at radius 2 is 1.62 bits per heavy atom. The lowest BCUT2D eigenvalue weighted by molar-refractivity contribution is -0.197. The van der Waals surface area contributed by atoms with E-state index in [0.29, 0.717) is 17.9 Å². The molecule has 0 saturated heterocycles. The van der Waals surface area contributed by atoms with E-state index in [1.807, 2.05) is 0 Å². The van der Waals surface area contributed by atoms with Crippen LogP contribution in [0.3, 0.4) is 0 Å². The van der Waals surface area contributed by atoms with Gasteiger partial charge >= 0.3 is 5.97 Å². The first-order valence-corrected chi connectivity index (χ1v) is 15.7. The summed E-state index contributed by atoms with van der Waals surface area (Å²) in [7, 11) is 0. The summed E-state index contributed by atoms with van der Waals surface area (Å²) in [6.07, 6.45) is 15.3. The zero-order valence-electron chi connectivity index (χ0n) is 24.7. The van der Waals surface area contributed by atoms with Gasteiger partial charge in [-0.25, -0.2) is 0 Å². The Labute approximate surface area is 235 Å². The Balaban J connectivity index is 1.36. The van der Waals surface area contributed by atoms with Gasteiger partial charge in [-0.1, -0.05) is 97.1 Å². The molecule has 39 heavy (non-hydrogen) atoms. The lowest BCUT2D eigenvalue weighted by Crippen LogP contribution is -2.63. The van der Waals surface area contributed by atoms with E-state index in [1.54, 1.807) is 19.1 Å². The number of carbonyl (C=O) groups excluding carboxylic acids is 2. The van der Waals surface area contributed by atoms with Gasteiger partial charge in [-0.05, 0) is 54.6 Å². The van der Waals surface area contributed by atoms with Crippen LogP contribution in [0, 0.1) is 28.6 Å². The standard InChI is InChI=1S/C33H52O6/c1-5-6-7-8-9-10-11-12-13-14-15-16-26(35)39-30-22(2)20-32-18-17-25-27(31(25,3)4)24(29(32)37)19-23(21-34)28(36)33(30,32)38/h19-20,24-25,27-28,30,34,36,38H,5-18,21H2,1-4H3/t24-,25+,27-,28+,30-,32+,33-/m0/s1. The second-order valence-electron chi connectivity index (χ2n) is 13.5. The van der Waals surface area contributed by atoms with E-state index >= 15 is 0 Å². The lowest BCUT2D eigenvalue weighted by Gasteiger charge is -2.46. The quantitative estimate of drug-likeness (QED) is 0.145. The number of fused-ring (bicyclic) bond motifs is 3. The van der Waals surface area contributed by atoms with Crippen molar-refractivity contribution in [2.24, 2.45) is 28.6 Å². The number of ether oxygens (including phenoxy) is 1. The third-order valence-electron chi connectivity index (χ3n) is 10.7. The molecule has 6 nitrogen and oxygen atoms in total. The molecule has 2 saturated carbocycles. The van der Waals surface area contributed by atoms with Crippen molar-refractivity contribution in [2.45, 2.75) is 135 Å². The Morgan fingerprint density at radius 3 is 2.21 bits per heavy atom. The molecule has 0 unspecified atom stereocenters. The molecule has 0 heterocycles. The zero-order valence-corrected chi connectivity index (χ0v) is 24.7. The monoisotopic (exact) mass is 544 g/mol. The van der Waals surface area contributed by atoms with Gasteiger partial charge in [0.1, 0.15) is 6.10 Å². The molecule has 4 rings (SSSR count). The highest BCUT2D eigenvalue weighted by molar-refractivity contribution is 5.95. The van der Waals surface area contributed by atoms with Crippen molar-refractivity contribution in [1.82, 2.24) is 0 Å². The maximum absolute atomic E-state index is 14.2. The van der Waals surface area contributed by atoms with Crippen LogP contribution in [0.4, 0.5) is 0 Å². The summed E-state index contributed by atoms with van der Waals surface area (Å²) in [5, 5.41) is 33.9. The van der Waals surface area contributed by atoms with Crippen LogP contribution in [0.5, 0.6) is 0 Å². The molecule has 6 heteroatoms. The number of carbonyl (C=O) groups is 2. The number of allylic oxidation sites excluding steroid dienone is 1. The first-order valence-electron chi connectivity index (χ1n) is 15.7. The van der Waals surface area contributed by atoms with Gasteiger partial charge in [-0.3, -0.25) is 9.59 Å². The molecule has 3 N–H and O–H groups in total. The van der Waals surface area contributed by atoms with E-state index in [-0.39, 0.29) is 29.1 Å². The van der Waals surface area contributed by atoms with Crippen LogP contribution in [-0.4, -0.2) is 51.5 Å². The number of esters is 1. The maximum Gasteiger partial charge on any atom is 0.306 e. The number of hydrogen-bond donors (Lipinski definition) is 3. The number of Topliss-reactive ketones (excluding diaryl/α,β-unsaturated/α-hetero) is 1. The van der Waals surface area contributed by atoms with Crippen molar-refractivity contribution in [3.05, 3.63) is 23.3 Å². The molecule has 4 aliphatic carbocycles. The largest absolute Gasteiger partial charge is 0.455 e. The highest BCUT2D eigenvalue weighted by Crippen LogP contribution is 2.70. The van der Waals surface area contributed by atoms with Crippen LogP contribution in [0.1, 0.15) is 118 Å². The smallest absolute Gasteiger partial charge is 0.306 e. The topological polar surface area (TPSA) is 104 Å². The minimum Gasteiger partial charge on any atom is -0.455 e. The average molecular weight is 545 g/mol. The third-order valence-corrected chi connectivity index (χ3v) is 10.7. The number of rotatable bonds is 14. The average Bonchev–Trinajstić information content (AvgIpc) is 3.43. The second-order valence-corrected chi connectivity index (χ2v) is 13.5. The van der Waals surface area contributed by atoms with Crippen LogP contribution in [0.25, 0.3) is 0 Å². The summed E-state index contributed by atoms with van der Waals surface area (Å²) in [5.74, 6) is -0.543. The van der Waals surface area contributed by atoms with Crippen molar-refractivity contribution >= 4 is 11.8 Å². The minimum absolute atomic E-state index is 0.00424. The first-order chi connectivity index (χ1) is 18.6. The Hall–Kier alpha value is -1.50. The van der Waals surface area contributed by atoms with E-state index in [9.17, 15) is 24.9 Å². The van der Waals surface area contributed by atoms with Gasteiger partial charge < -0.3 is 20.1 Å². The minimum atomic E-state index is -2.02. The number of ketones is 1. The third kappa shape index (κ3) is 5.42. The molecule has 0 aromatic heterocycles. The van der Waals surface area contributed by atoms with Crippen molar-refractivity contribution in [1.29, 1.82) is 0 Å². The van der Waals surface area contributed by atoms with Gasteiger partial charge in [0.15, 0.2) is 17.5 Å². The van der Waals surface area contributed by atoms with E-state index in [2.05, 4.69) is 20.8 Å². The fraction of sp³-hybridized carbons (Fsp3) is 0.818. The number of hydrogen-bond acceptors (Lipinski definition) is 6. The van der Waals surface area contributed by atoms with Crippen molar-refractivity contribution in [2.75, 3.05) is 6.61 Å². The molecule has 0 aromatic carbocycles. The van der Waals surface area contributed by atoms with E-state index < -0.39 is 41.7 Å². The molecule has 4 aliphatic rings. The van der Waals surface area contributed by atoms with Crippen molar-refractivity contribution < 1.29 is 29.6 Å². The van der Waals surface area contributed by atoms with E-state index in [0.717, 1.165) is 25.7 Å². The molecule has 0 radical (unpaired) electrons. The van der Waals surface area contributed by atoms with Crippen LogP contribution in [0.2, 0.25) is 0 Å². The summed E-state index contributed by atoms with van der Waals surface area (Å²) >= 11 is 0. The summed E-state index contributed by atoms with van der Waals surface area (Å²) in [6.45, 7) is 7.89. The Bertz CT molecular complexity index is 965. The van der Waals surface area contributed by atoms with Crippen LogP contribution in [0.15, 0.2) is 23.3 Å². The predicted molar refractivity (Wildman–Crippen MR) is 152 cm³/mol. The SMILES string of the molecule is CCCCCCCCCCCCCC(=O)O[C@H]1C(C)=C[C@@]23CC[C@@H]4[C@H]([C@H](C=C(CO)[C@@H](O)[C@]12O)C3=O)C4(C)C. The molecule has 0 amide bonds. The first kappa shape index (κ1) is 30.5. The maximum atomic E-state index is 14.2. The number of unbranched alkanes of at least 4 members (excludes halogenated alkanes) is 10. The Kier molecular flexibility index (Phi) is 9.50. The molecular weight excluding hydrogens is 492 g/mol. The fourth-order valence-corrected chi connectivity index (χ4v) is 8.34. The van der Waals surface area contributed by atoms with Gasteiger partial charge in [0, 0.05) is 12.3 Å². The summed E-state index contributed by atoms with van der Waals surface area (Å²) in [4.78, 5) is 27.1. The molecular formula is C33H52O6. The molecule has 220 valence electrons. The van der Waals surface area contributed by atoms with E-state index in [1.165, 1.54) is 51.4 Å². The molecule has 0 aromatic rings. The molecule has 7 atom stereocenters. The fourth-order valence-electron chi connectivity index (χ4n) is 8.34. The molecule has 0 aliphatic heterocycles. The molecule has 2 fully saturated rings. The van der Waals surface area contributed by atoms with Gasteiger partial charge in [-0.15, -0.1) is 0 Å². The highest BCUT2D eigenvalue weighted by atomic mass is 16.6. The number of aliphatic hydroxyl groups is 3. The predicted octanol–water partition coefficient (Wildman–Crippen LogP) is 5.82. The second kappa shape index (κ2) is 12.2. The van der Waals surface area contributed by atoms with Crippen molar-refractivity contribution in [3.8, 4) is 0 Å². The van der Waals surface area contributed by atoms with Gasteiger partial charge in [0.2, 0.25) is 0 Å². The normalized spacial score (nSPS) is 36.3. The summed E-state index contributed by atoms with van der Waals surface area (Å²) in [6, 6.07) is 0. The summed E-state index contributed by atoms with van der Waals surface area (Å²) < 4.78 is 5.88. The van der Waals surface area contributed by atoms with Gasteiger partial charge in [-0.2, -0.15) is 0 Å². The zero-order chi connectivity index (χ0) is 28.4. The molecule has 1 spiro atoms. The van der Waals surface area contributed by atoms with Crippen LogP contribution in [-0.2, 0) is 14.3 Å². The summed E-state index contributed by atoms with van der Waals surface area (Å²) in [5.41, 5.74) is -2.50. The van der Waals surface area contributed by atoms with Crippen LogP contribution >= 0.6 is 0 Å². The van der Waals surface area contributed by atoms with Crippen molar-refractivity contribution in [3.63, 3.8) is 0 Å². The molecule has 2 bridgehead atoms. The lowest BCUT2D eigenvalue weighted by atomic mass is 9.63. The van der Waals surface area contributed by atoms with Gasteiger partial charge in [0.25, 0.3) is 0 Å². The van der Waals surface area contributed by atoms with Crippen LogP contribution < -0.4 is 0 Å². The number of aliphatic hydroxyl groups excluding tert-OH is 2. The highest BCUT2D eigenvalue weighted by Gasteiger charge is 2.74. The van der Waals surface area contributed by atoms with E-state index in [4.69, 9.17) is 4.74 Å². The van der Waals surface area contributed by atoms with Gasteiger partial charge in [0.05, 0.1) is 12.0 Å².